The Morgan fingerprint density at radius 3 is 2.89 bits per heavy atom. The summed E-state index contributed by atoms with van der Waals surface area (Å²) in [6, 6.07) is 2.06. The first-order valence-electron chi connectivity index (χ1n) is 6.95. The zero-order valence-electron chi connectivity index (χ0n) is 12.1. The van der Waals surface area contributed by atoms with Crippen molar-refractivity contribution in [2.24, 2.45) is 7.05 Å². The number of hydrogen-bond acceptors (Lipinski definition) is 3. The van der Waals surface area contributed by atoms with Gasteiger partial charge in [0.25, 0.3) is 0 Å². The fraction of sp³-hybridized carbons (Fsp3) is 0.571. The van der Waals surface area contributed by atoms with E-state index in [2.05, 4.69) is 39.2 Å². The fourth-order valence-electron chi connectivity index (χ4n) is 2.12. The molecular weight excluding hydrogens is 238 g/mol. The number of unbranched alkanes of at least 4 members (excludes halogenated alkanes) is 1. The number of aryl methyl sites for hydroxylation is 4. The summed E-state index contributed by atoms with van der Waals surface area (Å²) in [6.07, 6.45) is 7.28. The Bertz CT molecular complexity index is 512. The highest BCUT2D eigenvalue weighted by Gasteiger charge is 2.06. The van der Waals surface area contributed by atoms with Gasteiger partial charge in [0.2, 0.25) is 5.95 Å². The second-order valence-corrected chi connectivity index (χ2v) is 4.88. The van der Waals surface area contributed by atoms with E-state index in [1.165, 1.54) is 18.5 Å². The predicted molar refractivity (Wildman–Crippen MR) is 77.3 cm³/mol. The van der Waals surface area contributed by atoms with Crippen molar-refractivity contribution in [3.63, 3.8) is 0 Å². The number of imidazole rings is 1. The highest BCUT2D eigenvalue weighted by Crippen LogP contribution is 2.10. The Morgan fingerprint density at radius 2 is 2.21 bits per heavy atom. The second-order valence-electron chi connectivity index (χ2n) is 4.88. The first kappa shape index (κ1) is 13.6. The number of nitrogens with zero attached hydrogens (tertiary/aromatic N) is 4. The molecule has 0 radical (unpaired) electrons. The Hall–Kier alpha value is -1.78. The van der Waals surface area contributed by atoms with Crippen LogP contribution in [0.2, 0.25) is 0 Å². The van der Waals surface area contributed by atoms with Crippen LogP contribution < -0.4 is 5.32 Å². The number of anilines is 1. The van der Waals surface area contributed by atoms with Gasteiger partial charge in [-0.15, -0.1) is 0 Å². The molecule has 5 nitrogen and oxygen atoms in total. The third-order valence-corrected chi connectivity index (χ3v) is 3.24. The van der Waals surface area contributed by atoms with Crippen molar-refractivity contribution >= 4 is 5.95 Å². The van der Waals surface area contributed by atoms with Crippen molar-refractivity contribution in [1.29, 1.82) is 0 Å². The van der Waals surface area contributed by atoms with Crippen LogP contribution in [0.15, 0.2) is 18.5 Å². The molecule has 2 heterocycles. The van der Waals surface area contributed by atoms with E-state index in [1.54, 1.807) is 0 Å². The van der Waals surface area contributed by atoms with Crippen molar-refractivity contribution in [3.05, 3.63) is 29.8 Å². The minimum absolute atomic E-state index is 0.925. The van der Waals surface area contributed by atoms with E-state index in [0.29, 0.717) is 0 Å². The second kappa shape index (κ2) is 6.41. The van der Waals surface area contributed by atoms with Crippen molar-refractivity contribution < 1.29 is 0 Å². The van der Waals surface area contributed by atoms with Gasteiger partial charge in [0.1, 0.15) is 0 Å². The standard InChI is InChI=1S/C14H23N5/c1-4-5-8-15-14-17-12(2)11-19(14)10-7-13-6-9-16-18(13)3/h6,9,11H,4-5,7-8,10H2,1-3H3,(H,15,17). The molecule has 0 fully saturated rings. The Kier molecular flexibility index (Phi) is 4.60. The van der Waals surface area contributed by atoms with E-state index in [-0.39, 0.29) is 0 Å². The van der Waals surface area contributed by atoms with Gasteiger partial charge in [-0.2, -0.15) is 5.10 Å². The molecule has 19 heavy (non-hydrogen) atoms. The van der Waals surface area contributed by atoms with Crippen molar-refractivity contribution in [1.82, 2.24) is 19.3 Å². The topological polar surface area (TPSA) is 47.7 Å². The van der Waals surface area contributed by atoms with Crippen LogP contribution in [0.25, 0.3) is 0 Å². The maximum absolute atomic E-state index is 4.53. The Labute approximate surface area is 114 Å². The minimum atomic E-state index is 0.925. The predicted octanol–water partition coefficient (Wildman–Crippen LogP) is 2.38. The summed E-state index contributed by atoms with van der Waals surface area (Å²) >= 11 is 0. The summed E-state index contributed by atoms with van der Waals surface area (Å²) in [6.45, 7) is 6.14. The molecule has 0 bridgehead atoms. The van der Waals surface area contributed by atoms with E-state index in [0.717, 1.165) is 31.2 Å². The van der Waals surface area contributed by atoms with Gasteiger partial charge in [-0.1, -0.05) is 13.3 Å². The summed E-state index contributed by atoms with van der Waals surface area (Å²) in [5, 5.41) is 7.60. The summed E-state index contributed by atoms with van der Waals surface area (Å²) in [4.78, 5) is 4.53. The van der Waals surface area contributed by atoms with Crippen LogP contribution in [0.1, 0.15) is 31.2 Å². The molecule has 0 aliphatic rings. The highest BCUT2D eigenvalue weighted by atomic mass is 15.3. The van der Waals surface area contributed by atoms with Gasteiger partial charge in [-0.3, -0.25) is 4.68 Å². The monoisotopic (exact) mass is 261 g/mol. The van der Waals surface area contributed by atoms with Gasteiger partial charge in [-0.05, 0) is 19.4 Å². The van der Waals surface area contributed by atoms with Gasteiger partial charge in [-0.25, -0.2) is 4.98 Å². The summed E-state index contributed by atoms with van der Waals surface area (Å²) in [5.41, 5.74) is 2.30. The van der Waals surface area contributed by atoms with Crippen LogP contribution in [-0.4, -0.2) is 25.9 Å². The number of rotatable bonds is 7. The Balaban J connectivity index is 1.97. The van der Waals surface area contributed by atoms with Gasteiger partial charge >= 0.3 is 0 Å². The van der Waals surface area contributed by atoms with Crippen molar-refractivity contribution in [2.75, 3.05) is 11.9 Å². The van der Waals surface area contributed by atoms with Gasteiger partial charge < -0.3 is 9.88 Å². The fourth-order valence-corrected chi connectivity index (χ4v) is 2.12. The lowest BCUT2D eigenvalue weighted by molar-refractivity contribution is 0.638. The summed E-state index contributed by atoms with van der Waals surface area (Å²) in [7, 11) is 1.98. The van der Waals surface area contributed by atoms with Gasteiger partial charge in [0.15, 0.2) is 0 Å². The zero-order valence-corrected chi connectivity index (χ0v) is 12.1. The number of hydrogen-bond donors (Lipinski definition) is 1. The molecule has 104 valence electrons. The van der Waals surface area contributed by atoms with Crippen LogP contribution in [0.5, 0.6) is 0 Å². The third kappa shape index (κ3) is 3.59. The van der Waals surface area contributed by atoms with E-state index in [9.17, 15) is 0 Å². The molecule has 2 rings (SSSR count). The highest BCUT2D eigenvalue weighted by molar-refractivity contribution is 5.28. The average Bonchev–Trinajstić information content (AvgIpc) is 2.94. The lowest BCUT2D eigenvalue weighted by Crippen LogP contribution is -2.10. The molecule has 0 spiro atoms. The van der Waals surface area contributed by atoms with E-state index in [4.69, 9.17) is 0 Å². The first-order chi connectivity index (χ1) is 9.20. The van der Waals surface area contributed by atoms with Crippen molar-refractivity contribution in [2.45, 2.75) is 39.7 Å². The Morgan fingerprint density at radius 1 is 1.37 bits per heavy atom. The SMILES string of the molecule is CCCCNc1nc(C)cn1CCc1ccnn1C. The van der Waals surface area contributed by atoms with Crippen LogP contribution in [0.3, 0.4) is 0 Å². The molecule has 0 aromatic carbocycles. The van der Waals surface area contributed by atoms with Crippen LogP contribution >= 0.6 is 0 Å². The lowest BCUT2D eigenvalue weighted by atomic mass is 10.3. The summed E-state index contributed by atoms with van der Waals surface area (Å²) in [5.74, 6) is 0.980. The largest absolute Gasteiger partial charge is 0.356 e. The number of nitrogens with one attached hydrogen (secondary N) is 1. The molecule has 2 aromatic rings. The molecule has 5 heteroatoms. The smallest absolute Gasteiger partial charge is 0.203 e. The maximum Gasteiger partial charge on any atom is 0.203 e. The van der Waals surface area contributed by atoms with Crippen LogP contribution in [-0.2, 0) is 20.0 Å². The quantitative estimate of drug-likeness (QED) is 0.778. The molecular formula is C14H23N5. The lowest BCUT2D eigenvalue weighted by Gasteiger charge is -2.09. The zero-order chi connectivity index (χ0) is 13.7. The maximum atomic E-state index is 4.53. The molecule has 0 atom stereocenters. The normalized spacial score (nSPS) is 10.9. The van der Waals surface area contributed by atoms with E-state index in [1.807, 2.05) is 24.9 Å². The van der Waals surface area contributed by atoms with E-state index >= 15 is 0 Å². The minimum Gasteiger partial charge on any atom is -0.356 e. The van der Waals surface area contributed by atoms with Crippen LogP contribution in [0.4, 0.5) is 5.95 Å². The third-order valence-electron chi connectivity index (χ3n) is 3.24. The molecule has 0 amide bonds. The molecule has 0 saturated heterocycles. The molecule has 0 aliphatic heterocycles. The molecule has 0 unspecified atom stereocenters. The van der Waals surface area contributed by atoms with Crippen LogP contribution in [0, 0.1) is 6.92 Å². The average molecular weight is 261 g/mol. The molecule has 2 aromatic heterocycles. The van der Waals surface area contributed by atoms with E-state index < -0.39 is 0 Å². The summed E-state index contributed by atoms with van der Waals surface area (Å²) < 4.78 is 4.12. The number of aromatic nitrogens is 4. The van der Waals surface area contributed by atoms with Crippen molar-refractivity contribution in [3.8, 4) is 0 Å². The molecule has 0 aliphatic carbocycles. The van der Waals surface area contributed by atoms with Gasteiger partial charge in [0, 0.05) is 44.6 Å². The first-order valence-corrected chi connectivity index (χ1v) is 6.95. The molecule has 0 saturated carbocycles. The molecule has 1 N–H and O–H groups in total. The van der Waals surface area contributed by atoms with Gasteiger partial charge in [0.05, 0.1) is 5.69 Å².